The molecule has 0 saturated heterocycles. The Morgan fingerprint density at radius 1 is 1.10 bits per heavy atom. The first kappa shape index (κ1) is 18.9. The van der Waals surface area contributed by atoms with Crippen molar-refractivity contribution in [3.05, 3.63) is 77.4 Å². The van der Waals surface area contributed by atoms with E-state index >= 15 is 0 Å². The normalized spacial score (nSPS) is 13.5. The van der Waals surface area contributed by atoms with Gasteiger partial charge in [-0.1, -0.05) is 18.1 Å². The lowest BCUT2D eigenvalue weighted by atomic mass is 10.1. The van der Waals surface area contributed by atoms with E-state index in [1.807, 2.05) is 53.2 Å². The molecule has 3 aromatic rings. The lowest BCUT2D eigenvalue weighted by Crippen LogP contribution is -2.29. The highest BCUT2D eigenvalue weighted by molar-refractivity contribution is 6.03. The molecule has 0 atom stereocenters. The summed E-state index contributed by atoms with van der Waals surface area (Å²) in [6.07, 6.45) is 4.02. The second-order valence-electron chi connectivity index (χ2n) is 8.31. The van der Waals surface area contributed by atoms with Crippen LogP contribution in [-0.2, 0) is 5.54 Å². The lowest BCUT2D eigenvalue weighted by molar-refractivity contribution is 0.100. The number of hydrogen-bond acceptors (Lipinski definition) is 3. The highest BCUT2D eigenvalue weighted by Gasteiger charge is 2.31. The van der Waals surface area contributed by atoms with Crippen LogP contribution in [-0.4, -0.2) is 20.7 Å². The van der Waals surface area contributed by atoms with Crippen molar-refractivity contribution in [2.45, 2.75) is 45.1 Å². The molecular weight excluding hydrogens is 360 g/mol. The molecule has 146 valence electrons. The molecule has 1 N–H and O–H groups in total. The highest BCUT2D eigenvalue weighted by Crippen LogP contribution is 2.40. The molecule has 4 rings (SSSR count). The van der Waals surface area contributed by atoms with Gasteiger partial charge in [-0.25, -0.2) is 4.98 Å². The summed E-state index contributed by atoms with van der Waals surface area (Å²) in [5.74, 6) is 6.47. The van der Waals surface area contributed by atoms with Crippen LogP contribution in [0.4, 0.5) is 5.69 Å². The van der Waals surface area contributed by atoms with Crippen LogP contribution in [0.1, 0.15) is 67.0 Å². The van der Waals surface area contributed by atoms with Gasteiger partial charge in [0.2, 0.25) is 0 Å². The third-order valence-corrected chi connectivity index (χ3v) is 4.71. The van der Waals surface area contributed by atoms with Crippen molar-refractivity contribution in [2.24, 2.45) is 0 Å². The summed E-state index contributed by atoms with van der Waals surface area (Å²) >= 11 is 0. The number of aromatic nitrogens is 3. The summed E-state index contributed by atoms with van der Waals surface area (Å²) in [7, 11) is 0. The van der Waals surface area contributed by atoms with E-state index in [1.54, 1.807) is 6.20 Å². The zero-order valence-corrected chi connectivity index (χ0v) is 16.9. The maximum atomic E-state index is 13.0. The Hall–Kier alpha value is -3.39. The van der Waals surface area contributed by atoms with Gasteiger partial charge in [0.05, 0.1) is 11.2 Å². The van der Waals surface area contributed by atoms with Crippen molar-refractivity contribution in [3.63, 3.8) is 0 Å². The molecule has 5 heteroatoms. The van der Waals surface area contributed by atoms with E-state index in [-0.39, 0.29) is 11.4 Å². The Kier molecular flexibility index (Phi) is 4.94. The monoisotopic (exact) mass is 384 g/mol. The van der Waals surface area contributed by atoms with Gasteiger partial charge in [-0.15, -0.1) is 0 Å². The number of carbonyl (C=O) groups is 1. The summed E-state index contributed by atoms with van der Waals surface area (Å²) in [5.41, 5.74) is 3.57. The smallest absolute Gasteiger partial charge is 0.273 e. The molecule has 0 radical (unpaired) electrons. The highest BCUT2D eigenvalue weighted by atomic mass is 16.2. The number of pyridine rings is 1. The van der Waals surface area contributed by atoms with Gasteiger partial charge in [-0.05, 0) is 75.9 Å². The minimum absolute atomic E-state index is 0.158. The molecule has 1 aromatic carbocycles. The maximum absolute atomic E-state index is 13.0. The van der Waals surface area contributed by atoms with E-state index in [9.17, 15) is 4.79 Å². The average Bonchev–Trinajstić information content (AvgIpc) is 3.44. The average molecular weight is 384 g/mol. The van der Waals surface area contributed by atoms with E-state index in [2.05, 4.69) is 42.9 Å². The third kappa shape index (κ3) is 4.55. The fourth-order valence-corrected chi connectivity index (χ4v) is 3.09. The van der Waals surface area contributed by atoms with Gasteiger partial charge < -0.3 is 5.32 Å². The molecular formula is C24H24N4O. The molecule has 1 aliphatic carbocycles. The van der Waals surface area contributed by atoms with Gasteiger partial charge >= 0.3 is 0 Å². The standard InChI is InChI=1S/C24H24N4O/c1-24(2,3)28-22(16-21(27-28)18-11-12-18)23(29)26-20-9-6-7-17(15-20)10-13-19-8-4-5-14-25-19/h4-9,14-16,18H,11-12H2,1-3H3,(H,26,29). The molecule has 0 unspecified atom stereocenters. The minimum atomic E-state index is -0.268. The van der Waals surface area contributed by atoms with Crippen molar-refractivity contribution in [3.8, 4) is 11.8 Å². The van der Waals surface area contributed by atoms with Crippen LogP contribution >= 0.6 is 0 Å². The first-order valence-electron chi connectivity index (χ1n) is 9.85. The fraction of sp³-hybridized carbons (Fsp3) is 0.292. The third-order valence-electron chi connectivity index (χ3n) is 4.71. The molecule has 1 fully saturated rings. The van der Waals surface area contributed by atoms with Gasteiger partial charge in [0, 0.05) is 23.4 Å². The Balaban J connectivity index is 1.56. The number of amides is 1. The predicted molar refractivity (Wildman–Crippen MR) is 114 cm³/mol. The van der Waals surface area contributed by atoms with Crippen LogP contribution in [0.25, 0.3) is 0 Å². The van der Waals surface area contributed by atoms with Crippen LogP contribution < -0.4 is 5.32 Å². The first-order chi connectivity index (χ1) is 13.9. The zero-order chi connectivity index (χ0) is 20.4. The molecule has 2 aromatic heterocycles. The topological polar surface area (TPSA) is 59.8 Å². The number of carbonyl (C=O) groups excluding carboxylic acids is 1. The van der Waals surface area contributed by atoms with Crippen LogP contribution in [0.5, 0.6) is 0 Å². The molecule has 1 amide bonds. The fourth-order valence-electron chi connectivity index (χ4n) is 3.09. The summed E-state index contributed by atoms with van der Waals surface area (Å²) in [4.78, 5) is 17.2. The number of nitrogens with one attached hydrogen (secondary N) is 1. The molecule has 0 bridgehead atoms. The second kappa shape index (κ2) is 7.56. The van der Waals surface area contributed by atoms with Crippen LogP contribution in [0.3, 0.4) is 0 Å². The van der Waals surface area contributed by atoms with Gasteiger partial charge in [0.25, 0.3) is 5.91 Å². The SMILES string of the molecule is CC(C)(C)n1nc(C2CC2)cc1C(=O)Nc1cccc(C#Cc2ccccn2)c1. The predicted octanol–water partition coefficient (Wildman–Crippen LogP) is 4.56. The van der Waals surface area contributed by atoms with E-state index < -0.39 is 0 Å². The summed E-state index contributed by atoms with van der Waals surface area (Å²) in [6.45, 7) is 6.17. The summed E-state index contributed by atoms with van der Waals surface area (Å²) < 4.78 is 1.83. The molecule has 2 heterocycles. The Bertz CT molecular complexity index is 1090. The molecule has 0 aliphatic heterocycles. The number of hydrogen-bond donors (Lipinski definition) is 1. The maximum Gasteiger partial charge on any atom is 0.273 e. The summed E-state index contributed by atoms with van der Waals surface area (Å²) in [6, 6.07) is 15.1. The van der Waals surface area contributed by atoms with E-state index in [0.29, 0.717) is 23.0 Å². The lowest BCUT2D eigenvalue weighted by Gasteiger charge is -2.22. The van der Waals surface area contributed by atoms with Gasteiger partial charge in [-0.3, -0.25) is 9.48 Å². The van der Waals surface area contributed by atoms with Gasteiger partial charge in [-0.2, -0.15) is 5.10 Å². The minimum Gasteiger partial charge on any atom is -0.321 e. The van der Waals surface area contributed by atoms with Crippen molar-refractivity contribution in [2.75, 3.05) is 5.32 Å². The second-order valence-corrected chi connectivity index (χ2v) is 8.31. The summed E-state index contributed by atoms with van der Waals surface area (Å²) in [5, 5.41) is 7.71. The van der Waals surface area contributed by atoms with Gasteiger partial charge in [0.15, 0.2) is 0 Å². The van der Waals surface area contributed by atoms with Crippen molar-refractivity contribution in [1.29, 1.82) is 0 Å². The van der Waals surface area contributed by atoms with E-state index in [4.69, 9.17) is 5.10 Å². The number of benzene rings is 1. The quantitative estimate of drug-likeness (QED) is 0.673. The molecule has 0 spiro atoms. The zero-order valence-electron chi connectivity index (χ0n) is 16.9. The molecule has 29 heavy (non-hydrogen) atoms. The van der Waals surface area contributed by atoms with E-state index in [0.717, 1.165) is 24.1 Å². The van der Waals surface area contributed by atoms with Crippen molar-refractivity contribution in [1.82, 2.24) is 14.8 Å². The molecule has 5 nitrogen and oxygen atoms in total. The van der Waals surface area contributed by atoms with Gasteiger partial charge in [0.1, 0.15) is 11.4 Å². The van der Waals surface area contributed by atoms with Crippen LogP contribution in [0.15, 0.2) is 54.7 Å². The first-order valence-corrected chi connectivity index (χ1v) is 9.85. The Morgan fingerprint density at radius 3 is 2.62 bits per heavy atom. The Labute approximate surface area is 171 Å². The number of anilines is 1. The molecule has 1 saturated carbocycles. The van der Waals surface area contributed by atoms with Crippen molar-refractivity contribution >= 4 is 11.6 Å². The van der Waals surface area contributed by atoms with Crippen LogP contribution in [0, 0.1) is 11.8 Å². The number of rotatable bonds is 3. The van der Waals surface area contributed by atoms with E-state index in [1.165, 1.54) is 0 Å². The largest absolute Gasteiger partial charge is 0.321 e. The van der Waals surface area contributed by atoms with Crippen molar-refractivity contribution < 1.29 is 4.79 Å². The van der Waals surface area contributed by atoms with Crippen LogP contribution in [0.2, 0.25) is 0 Å². The molecule has 1 aliphatic rings. The Morgan fingerprint density at radius 2 is 1.93 bits per heavy atom. The number of nitrogens with zero attached hydrogens (tertiary/aromatic N) is 3.